The first-order chi connectivity index (χ1) is 15.6. The number of hydrogen-bond acceptors (Lipinski definition) is 7. The van der Waals surface area contributed by atoms with Gasteiger partial charge in [-0.15, -0.1) is 10.2 Å². The molecule has 0 aliphatic carbocycles. The third-order valence-electron chi connectivity index (χ3n) is 4.33. The summed E-state index contributed by atoms with van der Waals surface area (Å²) in [6, 6.07) is 16.2. The first-order valence-electron chi connectivity index (χ1n) is 9.76. The lowest BCUT2D eigenvalue weighted by Gasteiger charge is -2.09. The van der Waals surface area contributed by atoms with Gasteiger partial charge in [0.15, 0.2) is 11.0 Å². The second kappa shape index (κ2) is 9.92. The average Bonchev–Trinajstić information content (AvgIpc) is 3.44. The Hall–Kier alpha value is -3.92. The van der Waals surface area contributed by atoms with Crippen LogP contribution in [0.2, 0.25) is 0 Å². The number of thioether (sulfide) groups is 1. The lowest BCUT2D eigenvalue weighted by Crippen LogP contribution is -2.15. The van der Waals surface area contributed by atoms with Crippen LogP contribution < -0.4 is 10.6 Å². The van der Waals surface area contributed by atoms with Crippen molar-refractivity contribution in [2.75, 3.05) is 16.4 Å². The summed E-state index contributed by atoms with van der Waals surface area (Å²) >= 11 is 1.27. The number of nitrogens with one attached hydrogen (secondary N) is 2. The molecule has 2 amide bonds. The van der Waals surface area contributed by atoms with E-state index >= 15 is 0 Å². The van der Waals surface area contributed by atoms with Crippen molar-refractivity contribution in [2.45, 2.75) is 18.6 Å². The number of furan rings is 1. The number of anilines is 2. The molecule has 0 saturated carbocycles. The Morgan fingerprint density at radius 3 is 2.44 bits per heavy atom. The highest BCUT2D eigenvalue weighted by molar-refractivity contribution is 7.99. The molecule has 3 heterocycles. The van der Waals surface area contributed by atoms with Gasteiger partial charge in [-0.2, -0.15) is 0 Å². The molecule has 0 fully saturated rings. The first-order valence-corrected chi connectivity index (χ1v) is 10.7. The van der Waals surface area contributed by atoms with E-state index in [1.807, 2.05) is 34.9 Å². The molecule has 10 heteroatoms. The fraction of sp³-hybridized carbons (Fsp3) is 0.136. The fourth-order valence-corrected chi connectivity index (χ4v) is 3.69. The summed E-state index contributed by atoms with van der Waals surface area (Å²) in [6.07, 6.45) is 3.30. The van der Waals surface area contributed by atoms with Crippen molar-refractivity contribution < 1.29 is 14.0 Å². The maximum atomic E-state index is 12.5. The van der Waals surface area contributed by atoms with Crippen molar-refractivity contribution >= 4 is 35.0 Å². The average molecular weight is 449 g/mol. The first kappa shape index (κ1) is 21.3. The topological polar surface area (TPSA) is 115 Å². The van der Waals surface area contributed by atoms with Gasteiger partial charge in [-0.3, -0.25) is 19.1 Å². The molecule has 0 bridgehead atoms. The normalized spacial score (nSPS) is 10.7. The lowest BCUT2D eigenvalue weighted by atomic mass is 10.3. The molecule has 1 aromatic carbocycles. The van der Waals surface area contributed by atoms with Gasteiger partial charge in [0, 0.05) is 24.5 Å². The van der Waals surface area contributed by atoms with Crippen molar-refractivity contribution in [3.8, 4) is 11.5 Å². The van der Waals surface area contributed by atoms with E-state index in [0.29, 0.717) is 34.6 Å². The maximum Gasteiger partial charge on any atom is 0.234 e. The van der Waals surface area contributed by atoms with E-state index in [1.165, 1.54) is 18.7 Å². The quantitative estimate of drug-likeness (QED) is 0.395. The highest BCUT2D eigenvalue weighted by Crippen LogP contribution is 2.24. The SMILES string of the molecule is CC(=O)Nc1ccc(NC(=O)CSc2nnc(-c3ccccn3)n2Cc2ccco2)cc1. The van der Waals surface area contributed by atoms with E-state index in [2.05, 4.69) is 25.8 Å². The fourth-order valence-electron chi connectivity index (χ4n) is 2.95. The third kappa shape index (κ3) is 5.41. The van der Waals surface area contributed by atoms with Crippen LogP contribution in [0.5, 0.6) is 0 Å². The standard InChI is InChI=1S/C22H20N6O3S/c1-15(29)24-16-7-9-17(10-8-16)25-20(30)14-32-22-27-26-21(19-6-2-3-11-23-19)28(22)13-18-5-4-12-31-18/h2-12H,13-14H2,1H3,(H,24,29)(H,25,30). The molecule has 0 spiro atoms. The lowest BCUT2D eigenvalue weighted by molar-refractivity contribution is -0.114. The summed E-state index contributed by atoms with van der Waals surface area (Å²) in [7, 11) is 0. The number of pyridine rings is 1. The van der Waals surface area contributed by atoms with Crippen LogP contribution in [0.4, 0.5) is 11.4 Å². The highest BCUT2D eigenvalue weighted by Gasteiger charge is 2.17. The van der Waals surface area contributed by atoms with E-state index in [-0.39, 0.29) is 17.6 Å². The zero-order chi connectivity index (χ0) is 22.3. The highest BCUT2D eigenvalue weighted by atomic mass is 32.2. The van der Waals surface area contributed by atoms with E-state index < -0.39 is 0 Å². The summed E-state index contributed by atoms with van der Waals surface area (Å²) in [5.41, 5.74) is 1.98. The van der Waals surface area contributed by atoms with Crippen molar-refractivity contribution in [2.24, 2.45) is 0 Å². The molecule has 2 N–H and O–H groups in total. The molecular weight excluding hydrogens is 428 g/mol. The Morgan fingerprint density at radius 1 is 1.00 bits per heavy atom. The molecule has 9 nitrogen and oxygen atoms in total. The summed E-state index contributed by atoms with van der Waals surface area (Å²) in [6.45, 7) is 1.86. The Morgan fingerprint density at radius 2 is 1.78 bits per heavy atom. The molecule has 4 aromatic rings. The summed E-state index contributed by atoms with van der Waals surface area (Å²) in [4.78, 5) is 27.9. The smallest absolute Gasteiger partial charge is 0.234 e. The molecule has 0 unspecified atom stereocenters. The van der Waals surface area contributed by atoms with Crippen molar-refractivity contribution in [1.29, 1.82) is 0 Å². The minimum Gasteiger partial charge on any atom is -0.467 e. The van der Waals surface area contributed by atoms with Gasteiger partial charge in [0.25, 0.3) is 0 Å². The number of nitrogens with zero attached hydrogens (tertiary/aromatic N) is 4. The number of benzene rings is 1. The van der Waals surface area contributed by atoms with E-state index in [0.717, 1.165) is 5.76 Å². The van der Waals surface area contributed by atoms with Crippen LogP contribution in [0.1, 0.15) is 12.7 Å². The monoisotopic (exact) mass is 448 g/mol. The predicted molar refractivity (Wildman–Crippen MR) is 121 cm³/mol. The zero-order valence-corrected chi connectivity index (χ0v) is 18.0. The second-order valence-corrected chi connectivity index (χ2v) is 7.72. The molecule has 0 atom stereocenters. The molecule has 0 radical (unpaired) electrons. The Kier molecular flexibility index (Phi) is 6.61. The van der Waals surface area contributed by atoms with E-state index in [4.69, 9.17) is 4.42 Å². The molecule has 32 heavy (non-hydrogen) atoms. The Balaban J connectivity index is 1.45. The van der Waals surface area contributed by atoms with Gasteiger partial charge in [0.2, 0.25) is 11.8 Å². The number of rotatable bonds is 8. The van der Waals surface area contributed by atoms with Crippen LogP contribution in [0.3, 0.4) is 0 Å². The van der Waals surface area contributed by atoms with Crippen molar-refractivity contribution in [1.82, 2.24) is 19.7 Å². The Labute approximate surface area is 188 Å². The summed E-state index contributed by atoms with van der Waals surface area (Å²) in [5, 5.41) is 14.7. The zero-order valence-electron chi connectivity index (χ0n) is 17.2. The van der Waals surface area contributed by atoms with Gasteiger partial charge in [-0.25, -0.2) is 0 Å². The molecule has 0 aliphatic heterocycles. The summed E-state index contributed by atoms with van der Waals surface area (Å²) < 4.78 is 7.36. The minimum absolute atomic E-state index is 0.145. The van der Waals surface area contributed by atoms with E-state index in [1.54, 1.807) is 36.7 Å². The molecule has 162 valence electrons. The molecule has 0 aliphatic rings. The van der Waals surface area contributed by atoms with Crippen LogP contribution in [-0.2, 0) is 16.1 Å². The maximum absolute atomic E-state index is 12.5. The number of aromatic nitrogens is 4. The summed E-state index contributed by atoms with van der Waals surface area (Å²) in [5.74, 6) is 1.15. The van der Waals surface area contributed by atoms with Gasteiger partial charge >= 0.3 is 0 Å². The van der Waals surface area contributed by atoms with Gasteiger partial charge in [-0.05, 0) is 48.5 Å². The largest absolute Gasteiger partial charge is 0.467 e. The number of carbonyl (C=O) groups is 2. The molecule has 0 saturated heterocycles. The van der Waals surface area contributed by atoms with Crippen LogP contribution >= 0.6 is 11.8 Å². The van der Waals surface area contributed by atoms with Crippen LogP contribution in [0.25, 0.3) is 11.5 Å². The molecular formula is C22H20N6O3S. The van der Waals surface area contributed by atoms with Crippen molar-refractivity contribution in [3.05, 3.63) is 72.8 Å². The number of carbonyl (C=O) groups excluding carboxylic acids is 2. The molecule has 3 aromatic heterocycles. The Bertz CT molecular complexity index is 1190. The number of hydrogen-bond donors (Lipinski definition) is 2. The van der Waals surface area contributed by atoms with Gasteiger partial charge in [0.1, 0.15) is 11.5 Å². The van der Waals surface area contributed by atoms with Crippen LogP contribution in [0.15, 0.2) is 76.6 Å². The minimum atomic E-state index is -0.186. The van der Waals surface area contributed by atoms with Crippen LogP contribution in [-0.4, -0.2) is 37.3 Å². The van der Waals surface area contributed by atoms with Gasteiger partial charge in [0.05, 0.1) is 18.6 Å². The number of amides is 2. The van der Waals surface area contributed by atoms with Gasteiger partial charge < -0.3 is 15.1 Å². The predicted octanol–water partition coefficient (Wildman–Crippen LogP) is 3.67. The molecule has 4 rings (SSSR count). The third-order valence-corrected chi connectivity index (χ3v) is 5.29. The van der Waals surface area contributed by atoms with Crippen LogP contribution in [0, 0.1) is 0 Å². The van der Waals surface area contributed by atoms with Gasteiger partial charge in [-0.1, -0.05) is 17.8 Å². The van der Waals surface area contributed by atoms with E-state index in [9.17, 15) is 9.59 Å². The van der Waals surface area contributed by atoms with Crippen molar-refractivity contribution in [3.63, 3.8) is 0 Å². The second-order valence-electron chi connectivity index (χ2n) is 6.78.